The summed E-state index contributed by atoms with van der Waals surface area (Å²) in [5.41, 5.74) is 5.29. The minimum atomic E-state index is 0.697. The Morgan fingerprint density at radius 2 is 1.79 bits per heavy atom. The number of para-hydroxylation sites is 1. The molecule has 0 radical (unpaired) electrons. The van der Waals surface area contributed by atoms with Gasteiger partial charge in [0, 0.05) is 49.0 Å². The van der Waals surface area contributed by atoms with E-state index in [2.05, 4.69) is 58.4 Å². The fourth-order valence-electron chi connectivity index (χ4n) is 4.42. The largest absolute Gasteiger partial charge is 0.494 e. The highest BCUT2D eigenvalue weighted by atomic mass is 35.5. The molecule has 1 N–H and O–H groups in total. The highest BCUT2D eigenvalue weighted by Crippen LogP contribution is 2.36. The van der Waals surface area contributed by atoms with Crippen LogP contribution in [0.2, 0.25) is 5.02 Å². The molecule has 2 aliphatic rings. The Hall–Kier alpha value is -3.02. The van der Waals surface area contributed by atoms with Crippen LogP contribution in [0.25, 0.3) is 0 Å². The highest BCUT2D eigenvalue weighted by Gasteiger charge is 2.24. The molecule has 2 aliphatic heterocycles. The second kappa shape index (κ2) is 9.86. The first-order valence-corrected chi connectivity index (χ1v) is 11.9. The fraction of sp³-hybridized carbons (Fsp3) is 0.296. The van der Waals surface area contributed by atoms with Crippen LogP contribution in [0, 0.1) is 6.92 Å². The molecule has 6 heteroatoms. The molecule has 3 aromatic carbocycles. The quantitative estimate of drug-likeness (QED) is 0.483. The summed E-state index contributed by atoms with van der Waals surface area (Å²) in [6.45, 7) is 7.80. The van der Waals surface area contributed by atoms with Gasteiger partial charge in [-0.15, -0.1) is 0 Å². The number of fused-ring (bicyclic) bond motifs is 2. The number of piperazine rings is 1. The maximum absolute atomic E-state index is 6.27. The summed E-state index contributed by atoms with van der Waals surface area (Å²) >= 11 is 6.27. The lowest BCUT2D eigenvalue weighted by Gasteiger charge is -2.36. The summed E-state index contributed by atoms with van der Waals surface area (Å²) in [4.78, 5) is 9.98. The lowest BCUT2D eigenvalue weighted by atomic mass is 10.1. The molecular weight excluding hydrogens is 432 g/mol. The third-order valence-corrected chi connectivity index (χ3v) is 6.41. The van der Waals surface area contributed by atoms with E-state index in [0.717, 1.165) is 80.0 Å². The van der Waals surface area contributed by atoms with Crippen LogP contribution >= 0.6 is 11.6 Å². The Morgan fingerprint density at radius 1 is 0.939 bits per heavy atom. The molecule has 1 fully saturated rings. The lowest BCUT2D eigenvalue weighted by Crippen LogP contribution is -2.49. The van der Waals surface area contributed by atoms with Gasteiger partial charge in [-0.05, 0) is 61.4 Å². The van der Waals surface area contributed by atoms with Crippen LogP contribution < -0.4 is 10.1 Å². The van der Waals surface area contributed by atoms with Crippen LogP contribution in [0.1, 0.15) is 17.5 Å². The second-order valence-electron chi connectivity index (χ2n) is 8.61. The van der Waals surface area contributed by atoms with Crippen LogP contribution in [0.4, 0.5) is 17.1 Å². The Bertz CT molecular complexity index is 1150. The number of aliphatic imine (C=N–C) groups is 1. The van der Waals surface area contributed by atoms with Crippen molar-refractivity contribution in [1.82, 2.24) is 9.80 Å². The van der Waals surface area contributed by atoms with Gasteiger partial charge < -0.3 is 15.0 Å². The van der Waals surface area contributed by atoms with E-state index >= 15 is 0 Å². The molecule has 0 saturated carbocycles. The minimum absolute atomic E-state index is 0.697. The van der Waals surface area contributed by atoms with Gasteiger partial charge in [0.05, 0.1) is 18.0 Å². The van der Waals surface area contributed by atoms with E-state index in [0.29, 0.717) is 5.02 Å². The summed E-state index contributed by atoms with van der Waals surface area (Å²) in [5.74, 6) is 1.97. The first-order valence-electron chi connectivity index (χ1n) is 11.6. The zero-order valence-corrected chi connectivity index (χ0v) is 19.7. The first-order chi connectivity index (χ1) is 16.2. The summed E-state index contributed by atoms with van der Waals surface area (Å²) in [6.07, 6.45) is 1.02. The monoisotopic (exact) mass is 460 g/mol. The first kappa shape index (κ1) is 21.8. The number of halogens is 1. The number of ether oxygens (including phenoxy) is 1. The van der Waals surface area contributed by atoms with Crippen LogP contribution in [-0.2, 0) is 0 Å². The van der Waals surface area contributed by atoms with E-state index in [1.165, 1.54) is 5.56 Å². The normalized spacial score (nSPS) is 15.7. The van der Waals surface area contributed by atoms with Crippen molar-refractivity contribution in [2.45, 2.75) is 13.3 Å². The predicted molar refractivity (Wildman–Crippen MR) is 137 cm³/mol. The summed E-state index contributed by atoms with van der Waals surface area (Å²) in [5, 5.41) is 4.23. The van der Waals surface area contributed by atoms with Gasteiger partial charge in [0.1, 0.15) is 11.6 Å². The Balaban J connectivity index is 1.22. The maximum Gasteiger partial charge on any atom is 0.138 e. The number of aryl methyl sites for hydroxylation is 1. The number of amidine groups is 1. The van der Waals surface area contributed by atoms with Gasteiger partial charge in [0.15, 0.2) is 0 Å². The van der Waals surface area contributed by atoms with Crippen LogP contribution in [0.15, 0.2) is 71.7 Å². The minimum Gasteiger partial charge on any atom is -0.494 e. The molecule has 0 amide bonds. The highest BCUT2D eigenvalue weighted by molar-refractivity contribution is 6.31. The van der Waals surface area contributed by atoms with Gasteiger partial charge in [-0.3, -0.25) is 4.90 Å². The molecule has 0 aromatic heterocycles. The lowest BCUT2D eigenvalue weighted by molar-refractivity contribution is 0.169. The average molecular weight is 461 g/mol. The molecule has 0 spiro atoms. The molecule has 0 aliphatic carbocycles. The van der Waals surface area contributed by atoms with Crippen molar-refractivity contribution < 1.29 is 4.74 Å². The van der Waals surface area contributed by atoms with Crippen molar-refractivity contribution in [2.75, 3.05) is 44.6 Å². The third-order valence-electron chi connectivity index (χ3n) is 6.17. The van der Waals surface area contributed by atoms with Gasteiger partial charge in [-0.2, -0.15) is 0 Å². The van der Waals surface area contributed by atoms with E-state index in [1.807, 2.05) is 30.3 Å². The van der Waals surface area contributed by atoms with Crippen molar-refractivity contribution in [3.05, 3.63) is 82.9 Å². The van der Waals surface area contributed by atoms with E-state index in [1.54, 1.807) is 0 Å². The number of hydrogen-bond donors (Lipinski definition) is 1. The van der Waals surface area contributed by atoms with E-state index in [-0.39, 0.29) is 0 Å². The third kappa shape index (κ3) is 5.15. The molecule has 0 unspecified atom stereocenters. The maximum atomic E-state index is 6.27. The fourth-order valence-corrected chi connectivity index (χ4v) is 4.58. The van der Waals surface area contributed by atoms with Crippen molar-refractivity contribution in [3.63, 3.8) is 0 Å². The number of hydrogen-bond acceptors (Lipinski definition) is 5. The van der Waals surface area contributed by atoms with Gasteiger partial charge in [-0.25, -0.2) is 4.99 Å². The molecule has 3 aromatic rings. The van der Waals surface area contributed by atoms with Crippen LogP contribution in [-0.4, -0.2) is 55.0 Å². The molecule has 5 rings (SSSR count). The zero-order chi connectivity index (χ0) is 22.6. The predicted octanol–water partition coefficient (Wildman–Crippen LogP) is 5.87. The molecule has 0 bridgehead atoms. The van der Waals surface area contributed by atoms with Crippen LogP contribution in [0.5, 0.6) is 5.75 Å². The van der Waals surface area contributed by atoms with E-state index in [9.17, 15) is 0 Å². The summed E-state index contributed by atoms with van der Waals surface area (Å²) < 4.78 is 5.92. The van der Waals surface area contributed by atoms with Crippen molar-refractivity contribution in [1.29, 1.82) is 0 Å². The van der Waals surface area contributed by atoms with Crippen molar-refractivity contribution in [2.24, 2.45) is 4.99 Å². The molecule has 5 nitrogen and oxygen atoms in total. The molecular formula is C27H29ClN4O. The zero-order valence-electron chi connectivity index (χ0n) is 18.9. The van der Waals surface area contributed by atoms with Gasteiger partial charge in [0.2, 0.25) is 0 Å². The number of benzene rings is 3. The Morgan fingerprint density at radius 3 is 2.64 bits per heavy atom. The SMILES string of the molecule is Cc1cccc(OCCCN2CCN(C3=Nc4cc(Cl)ccc4Nc4ccccc43)CC2)c1. The van der Waals surface area contributed by atoms with E-state index in [4.69, 9.17) is 21.3 Å². The molecule has 170 valence electrons. The van der Waals surface area contributed by atoms with Gasteiger partial charge in [0.25, 0.3) is 0 Å². The molecule has 0 atom stereocenters. The summed E-state index contributed by atoms with van der Waals surface area (Å²) in [6, 6.07) is 22.5. The van der Waals surface area contributed by atoms with Crippen LogP contribution in [0.3, 0.4) is 0 Å². The van der Waals surface area contributed by atoms with Crippen molar-refractivity contribution >= 4 is 34.5 Å². The van der Waals surface area contributed by atoms with Gasteiger partial charge in [-0.1, -0.05) is 35.9 Å². The Kier molecular flexibility index (Phi) is 6.51. The topological polar surface area (TPSA) is 40.1 Å². The molecule has 1 saturated heterocycles. The number of nitrogens with one attached hydrogen (secondary N) is 1. The van der Waals surface area contributed by atoms with Gasteiger partial charge >= 0.3 is 0 Å². The number of nitrogens with zero attached hydrogens (tertiary/aromatic N) is 3. The average Bonchev–Trinajstić information content (AvgIpc) is 2.99. The number of rotatable bonds is 5. The molecule has 2 heterocycles. The Labute approximate surface area is 200 Å². The van der Waals surface area contributed by atoms with E-state index < -0.39 is 0 Å². The second-order valence-corrected chi connectivity index (χ2v) is 9.05. The standard InChI is InChI=1S/C27H29ClN4O/c1-20-6-4-7-22(18-20)33-17-5-12-31-13-15-32(16-14-31)27-23-8-2-3-9-24(23)29-25-11-10-21(28)19-26(25)30-27/h2-4,6-11,18-19,29H,5,12-17H2,1H3. The molecule has 33 heavy (non-hydrogen) atoms. The number of anilines is 2. The summed E-state index contributed by atoms with van der Waals surface area (Å²) in [7, 11) is 0. The smallest absolute Gasteiger partial charge is 0.138 e. The van der Waals surface area contributed by atoms with Crippen molar-refractivity contribution in [3.8, 4) is 5.75 Å².